The summed E-state index contributed by atoms with van der Waals surface area (Å²) < 4.78 is 138. The molecule has 5 unspecified atom stereocenters. The van der Waals surface area contributed by atoms with Crippen LogP contribution in [0.3, 0.4) is 0 Å². The molecule has 0 spiro atoms. The number of amides is 1. The summed E-state index contributed by atoms with van der Waals surface area (Å²) in [6.45, 7) is 0. The Bertz CT molecular complexity index is 1000. The predicted molar refractivity (Wildman–Crippen MR) is 79.7 cm³/mol. The van der Waals surface area contributed by atoms with Gasteiger partial charge >= 0.3 is 23.1 Å². The minimum atomic E-state index is -7.24. The van der Waals surface area contributed by atoms with Crippen LogP contribution < -0.4 is 5.73 Å². The van der Waals surface area contributed by atoms with E-state index in [-0.39, 0.29) is 12.8 Å². The third-order valence-electron chi connectivity index (χ3n) is 5.23. The van der Waals surface area contributed by atoms with Crippen LogP contribution in [0.25, 0.3) is 4.13 Å². The minimum Gasteiger partial charge on any atom is -0.459 e. The maximum atomic E-state index is 13.7. The molecule has 2 bridgehead atoms. The molecule has 5 atom stereocenters. The van der Waals surface area contributed by atoms with Crippen LogP contribution in [0.4, 0.5) is 26.3 Å². The van der Waals surface area contributed by atoms with Crippen molar-refractivity contribution in [1.29, 1.82) is 0 Å². The summed E-state index contributed by atoms with van der Waals surface area (Å²) >= 11 is 0. The van der Waals surface area contributed by atoms with Gasteiger partial charge < -0.3 is 14.6 Å². The third-order valence-corrected chi connectivity index (χ3v) is 8.11. The summed E-state index contributed by atoms with van der Waals surface area (Å²) in [6, 6.07) is 0. The fourth-order valence-corrected chi connectivity index (χ4v) is 6.34. The maximum absolute atomic E-state index is 13.7. The number of alkyl halides is 6. The Hall–Kier alpha value is -1.66. The Labute approximate surface area is 164 Å². The monoisotopic (exact) mass is 489 g/mol. The van der Waals surface area contributed by atoms with E-state index in [2.05, 4.69) is 9.92 Å². The first kappa shape index (κ1) is 23.0. The molecule has 3 aliphatic rings. The quantitative estimate of drug-likeness (QED) is 0.375. The number of fused-ring (bicyclic) bond motifs is 1. The Morgan fingerprint density at radius 3 is 2.20 bits per heavy atom. The third kappa shape index (κ3) is 3.06. The number of esters is 1. The number of ether oxygens (including phenoxy) is 1. The summed E-state index contributed by atoms with van der Waals surface area (Å²) in [7, 11) is -13.2. The van der Waals surface area contributed by atoms with Gasteiger partial charge in [-0.05, 0) is 18.8 Å². The Morgan fingerprint density at radius 1 is 1.10 bits per heavy atom. The number of nitrogens with two attached hydrogens (primary N) is 1. The number of sulfonamides is 1. The van der Waals surface area contributed by atoms with Crippen LogP contribution in [0.15, 0.2) is 0 Å². The first-order valence-corrected chi connectivity index (χ1v) is 10.7. The van der Waals surface area contributed by atoms with Crippen LogP contribution >= 0.6 is 0 Å². The lowest BCUT2D eigenvalue weighted by Crippen LogP contribution is -2.62. The van der Waals surface area contributed by atoms with E-state index < -0.39 is 79.3 Å². The van der Waals surface area contributed by atoms with Gasteiger partial charge in [-0.3, -0.25) is 13.8 Å². The van der Waals surface area contributed by atoms with E-state index in [1.165, 1.54) is 0 Å². The fraction of sp³-hybridized carbons (Fsp3) is 0.833. The summed E-state index contributed by atoms with van der Waals surface area (Å²) in [6.07, 6.45) is -2.36. The number of rotatable bonds is 8. The van der Waals surface area contributed by atoms with Crippen LogP contribution in [0.2, 0.25) is 0 Å². The lowest BCUT2D eigenvalue weighted by Gasteiger charge is -2.35. The van der Waals surface area contributed by atoms with Gasteiger partial charge in [0.05, 0.1) is 5.92 Å². The zero-order valence-electron chi connectivity index (χ0n) is 14.2. The average Bonchev–Trinajstić information content (AvgIpc) is 3.18. The molecule has 2 N–H and O–H groups in total. The molecule has 2 saturated carbocycles. The Morgan fingerprint density at radius 2 is 1.67 bits per heavy atom. The molecule has 0 aromatic heterocycles. The van der Waals surface area contributed by atoms with Gasteiger partial charge in [0.15, 0.2) is 10.0 Å². The Kier molecular flexibility index (Phi) is 4.93. The molecule has 0 aromatic carbocycles. The molecule has 1 heterocycles. The summed E-state index contributed by atoms with van der Waals surface area (Å²) in [5.74, 6) is -19.0. The van der Waals surface area contributed by atoms with Gasteiger partial charge in [0.25, 0.3) is 5.91 Å². The van der Waals surface area contributed by atoms with Gasteiger partial charge in [-0.2, -0.15) is 26.3 Å². The molecule has 172 valence electrons. The average molecular weight is 489 g/mol. The van der Waals surface area contributed by atoms with E-state index in [0.717, 1.165) is 0 Å². The lowest BCUT2D eigenvalue weighted by molar-refractivity contribution is -0.267. The van der Waals surface area contributed by atoms with Crippen molar-refractivity contribution < 1.29 is 61.7 Å². The molecule has 3 fully saturated rings. The maximum Gasteiger partial charge on any atom is 0.398 e. The molecule has 30 heavy (non-hydrogen) atoms. The van der Waals surface area contributed by atoms with Crippen molar-refractivity contribution in [3.05, 3.63) is 4.13 Å². The van der Waals surface area contributed by atoms with Gasteiger partial charge in [0, 0.05) is 5.92 Å². The summed E-state index contributed by atoms with van der Waals surface area (Å²) in [5.41, 5.74) is 3.90. The second-order valence-electron chi connectivity index (χ2n) is 6.97. The normalized spacial score (nSPS) is 31.8. The molecule has 2 aliphatic carbocycles. The van der Waals surface area contributed by atoms with Gasteiger partial charge in [0.1, 0.15) is 12.2 Å². The first-order valence-electron chi connectivity index (χ1n) is 7.91. The van der Waals surface area contributed by atoms with Gasteiger partial charge in [-0.25, -0.2) is 16.8 Å². The van der Waals surface area contributed by atoms with Crippen molar-refractivity contribution in [1.82, 2.24) is 0 Å². The molecule has 18 heteroatoms. The second kappa shape index (κ2) is 6.42. The zero-order chi connectivity index (χ0) is 23.1. The first-order chi connectivity index (χ1) is 13.4. The summed E-state index contributed by atoms with van der Waals surface area (Å²) in [4.78, 5) is 22.0. The van der Waals surface area contributed by atoms with E-state index in [1.54, 1.807) is 4.13 Å². The van der Waals surface area contributed by atoms with E-state index in [4.69, 9.17) is 4.74 Å². The number of carbonyl (C=O) groups excluding carboxylic acids is 2. The van der Waals surface area contributed by atoms with Gasteiger partial charge in [0.2, 0.25) is 10.3 Å². The van der Waals surface area contributed by atoms with Crippen molar-refractivity contribution in [3.63, 3.8) is 0 Å². The molecule has 0 aromatic rings. The van der Waals surface area contributed by atoms with Crippen molar-refractivity contribution in [2.75, 3.05) is 0 Å². The van der Waals surface area contributed by atoms with E-state index in [9.17, 15) is 52.8 Å². The number of hydrogen-bond donors (Lipinski definition) is 1. The highest BCUT2D eigenvalue weighted by Gasteiger charge is 2.78. The molecule has 1 aliphatic heterocycles. The molecular weight excluding hydrogens is 478 g/mol. The smallest absolute Gasteiger partial charge is 0.398 e. The van der Waals surface area contributed by atoms with Crippen LogP contribution in [-0.2, 0) is 38.8 Å². The van der Waals surface area contributed by atoms with E-state index >= 15 is 0 Å². The largest absolute Gasteiger partial charge is 0.459 e. The number of carbonyl (C=O) groups is 2. The molecule has 10 nitrogen and oxygen atoms in total. The second-order valence-corrected chi connectivity index (χ2v) is 10.1. The van der Waals surface area contributed by atoms with E-state index in [0.29, 0.717) is 0 Å². The molecular formula is C12H11F6N2O8S2-. The van der Waals surface area contributed by atoms with Crippen molar-refractivity contribution in [2.24, 2.45) is 23.5 Å². The highest BCUT2D eigenvalue weighted by molar-refractivity contribution is 8.10. The standard InChI is InChI=1S/C12H11F6N2O8S2/c13-10(14,9(19)22)11(15,16)12(17,18)29(23,24)20-30(25,26)28-6-3-1-4-5(2-3)8(21)27-7(4)6/h3-7H,1-2H2,(H2,19,22)/q-1. The van der Waals surface area contributed by atoms with E-state index in [1.807, 2.05) is 0 Å². The zero-order valence-corrected chi connectivity index (χ0v) is 15.8. The molecule has 0 radical (unpaired) electrons. The summed E-state index contributed by atoms with van der Waals surface area (Å²) in [5, 5.41) is -6.87. The molecule has 3 rings (SSSR count). The molecule has 1 amide bonds. The van der Waals surface area contributed by atoms with Crippen molar-refractivity contribution in [3.8, 4) is 0 Å². The molecule has 1 saturated heterocycles. The number of halogens is 6. The fourth-order valence-electron chi connectivity index (χ4n) is 3.86. The van der Waals surface area contributed by atoms with Crippen LogP contribution in [0.1, 0.15) is 12.8 Å². The topological polar surface area (TPSA) is 161 Å². The van der Waals surface area contributed by atoms with Crippen LogP contribution in [0.5, 0.6) is 0 Å². The number of hydrogen-bond acceptors (Lipinski definition) is 8. The Balaban J connectivity index is 1.82. The van der Waals surface area contributed by atoms with Crippen LogP contribution in [-0.4, -0.2) is 58.0 Å². The van der Waals surface area contributed by atoms with Crippen molar-refractivity contribution >= 4 is 32.2 Å². The number of primary amides is 1. The highest BCUT2D eigenvalue weighted by atomic mass is 32.3. The predicted octanol–water partition coefficient (Wildman–Crippen LogP) is 0.250. The lowest BCUT2D eigenvalue weighted by atomic mass is 9.88. The number of nitrogens with zero attached hydrogens (tertiary/aromatic N) is 1. The minimum absolute atomic E-state index is 0.0893. The van der Waals surface area contributed by atoms with Crippen LogP contribution in [0, 0.1) is 17.8 Å². The SMILES string of the molecule is NC(=O)C(F)(F)C(F)(F)C(F)(F)S(=O)(=O)[N-]S(=O)(=O)OC1C2CC3C(=O)OC1C3C2. The highest BCUT2D eigenvalue weighted by Crippen LogP contribution is 2.56. The van der Waals surface area contributed by atoms with Gasteiger partial charge in [-0.15, -0.1) is 0 Å². The van der Waals surface area contributed by atoms with Gasteiger partial charge in [-0.1, -0.05) is 0 Å². The van der Waals surface area contributed by atoms with Crippen molar-refractivity contribution in [2.45, 2.75) is 42.1 Å².